The van der Waals surface area contributed by atoms with Crippen molar-refractivity contribution in [2.45, 2.75) is 12.5 Å². The predicted octanol–water partition coefficient (Wildman–Crippen LogP) is 2.94. The molecule has 3 heteroatoms. The lowest BCUT2D eigenvalue weighted by Crippen LogP contribution is -2.22. The molecule has 2 nitrogen and oxygen atoms in total. The molecule has 16 heavy (non-hydrogen) atoms. The third kappa shape index (κ3) is 2.25. The Kier molecular flexibility index (Phi) is 3.25. The lowest BCUT2D eigenvalue weighted by atomic mass is 9.89. The van der Waals surface area contributed by atoms with Crippen LogP contribution in [0.4, 0.5) is 0 Å². The molecule has 0 aliphatic heterocycles. The highest BCUT2D eigenvalue weighted by molar-refractivity contribution is 14.1. The van der Waals surface area contributed by atoms with E-state index < -0.39 is 5.60 Å². The third-order valence-electron chi connectivity index (χ3n) is 2.63. The Labute approximate surface area is 108 Å². The fourth-order valence-electron chi connectivity index (χ4n) is 1.59. The smallest absolute Gasteiger partial charge is 0.113 e. The molecule has 0 amide bonds. The molecule has 0 fully saturated rings. The van der Waals surface area contributed by atoms with Gasteiger partial charge in [0.15, 0.2) is 0 Å². The lowest BCUT2D eigenvalue weighted by Gasteiger charge is -2.24. The van der Waals surface area contributed by atoms with Crippen LogP contribution in [0.2, 0.25) is 0 Å². The molecule has 2 aromatic rings. The summed E-state index contributed by atoms with van der Waals surface area (Å²) in [6.07, 6.45) is 3.39. The van der Waals surface area contributed by atoms with Crippen LogP contribution < -0.4 is 0 Å². The highest BCUT2D eigenvalue weighted by Gasteiger charge is 2.25. The molecule has 1 heterocycles. The van der Waals surface area contributed by atoms with Gasteiger partial charge in [0.1, 0.15) is 5.60 Å². The van der Waals surface area contributed by atoms with Gasteiger partial charge in [-0.25, -0.2) is 0 Å². The second kappa shape index (κ2) is 4.51. The van der Waals surface area contributed by atoms with Crippen LogP contribution in [-0.4, -0.2) is 10.1 Å². The van der Waals surface area contributed by atoms with Crippen LogP contribution in [0.25, 0.3) is 0 Å². The van der Waals surface area contributed by atoms with E-state index in [4.69, 9.17) is 0 Å². The van der Waals surface area contributed by atoms with Crippen LogP contribution >= 0.6 is 22.6 Å². The first-order chi connectivity index (χ1) is 7.60. The van der Waals surface area contributed by atoms with E-state index in [-0.39, 0.29) is 0 Å². The second-order valence-corrected chi connectivity index (χ2v) is 5.07. The van der Waals surface area contributed by atoms with Crippen LogP contribution in [0, 0.1) is 3.57 Å². The summed E-state index contributed by atoms with van der Waals surface area (Å²) >= 11 is 2.25. The normalized spacial score (nSPS) is 14.4. The number of pyridine rings is 1. The zero-order valence-corrected chi connectivity index (χ0v) is 11.0. The maximum absolute atomic E-state index is 10.5. The first-order valence-corrected chi connectivity index (χ1v) is 6.07. The Balaban J connectivity index is 2.43. The minimum absolute atomic E-state index is 0.802. The van der Waals surface area contributed by atoms with Crippen molar-refractivity contribution < 1.29 is 5.11 Å². The number of aliphatic hydroxyl groups is 1. The predicted molar refractivity (Wildman–Crippen MR) is 72.1 cm³/mol. The average Bonchev–Trinajstić information content (AvgIpc) is 2.31. The van der Waals surface area contributed by atoms with Gasteiger partial charge in [-0.15, -0.1) is 0 Å². The van der Waals surface area contributed by atoms with Crippen molar-refractivity contribution in [3.05, 3.63) is 63.5 Å². The van der Waals surface area contributed by atoms with Crippen molar-refractivity contribution in [1.82, 2.24) is 4.98 Å². The molecule has 82 valence electrons. The summed E-state index contributed by atoms with van der Waals surface area (Å²) in [5.74, 6) is 0. The second-order valence-electron chi connectivity index (χ2n) is 3.82. The summed E-state index contributed by atoms with van der Waals surface area (Å²) in [4.78, 5) is 4.03. The van der Waals surface area contributed by atoms with Crippen LogP contribution in [0.1, 0.15) is 18.1 Å². The maximum atomic E-state index is 10.5. The zero-order valence-electron chi connectivity index (χ0n) is 8.89. The quantitative estimate of drug-likeness (QED) is 0.861. The summed E-state index contributed by atoms with van der Waals surface area (Å²) in [5.41, 5.74) is 0.690. The topological polar surface area (TPSA) is 33.1 Å². The van der Waals surface area contributed by atoms with E-state index in [0.717, 1.165) is 14.7 Å². The lowest BCUT2D eigenvalue weighted by molar-refractivity contribution is 0.102. The van der Waals surface area contributed by atoms with Gasteiger partial charge in [0.2, 0.25) is 0 Å². The summed E-state index contributed by atoms with van der Waals surface area (Å²) in [6, 6.07) is 11.6. The molecule has 0 spiro atoms. The summed E-state index contributed by atoms with van der Waals surface area (Å²) in [5, 5.41) is 10.5. The third-order valence-corrected chi connectivity index (χ3v) is 3.35. The van der Waals surface area contributed by atoms with Crippen molar-refractivity contribution in [2.24, 2.45) is 0 Å². The van der Waals surface area contributed by atoms with E-state index in [1.165, 1.54) is 0 Å². The van der Waals surface area contributed by atoms with Crippen molar-refractivity contribution >= 4 is 22.6 Å². The zero-order chi connectivity index (χ0) is 11.6. The molecular formula is C13H12INO. The van der Waals surface area contributed by atoms with E-state index >= 15 is 0 Å². The Morgan fingerprint density at radius 3 is 2.38 bits per heavy atom. The van der Waals surface area contributed by atoms with Gasteiger partial charge in [0.05, 0.1) is 0 Å². The molecular weight excluding hydrogens is 313 g/mol. The van der Waals surface area contributed by atoms with Gasteiger partial charge < -0.3 is 5.11 Å². The number of hydrogen-bond acceptors (Lipinski definition) is 2. The number of halogens is 1. The van der Waals surface area contributed by atoms with E-state index in [1.807, 2.05) is 36.4 Å². The van der Waals surface area contributed by atoms with Crippen molar-refractivity contribution in [1.29, 1.82) is 0 Å². The number of rotatable bonds is 2. The van der Waals surface area contributed by atoms with E-state index in [2.05, 4.69) is 27.6 Å². The van der Waals surface area contributed by atoms with Crippen LogP contribution in [0.5, 0.6) is 0 Å². The Morgan fingerprint density at radius 2 is 1.81 bits per heavy atom. The number of nitrogens with zero attached hydrogens (tertiary/aromatic N) is 1. The van der Waals surface area contributed by atoms with Gasteiger partial charge in [-0.05, 0) is 53.3 Å². The minimum atomic E-state index is -0.987. The number of hydrogen-bond donors (Lipinski definition) is 1. The molecule has 1 atom stereocenters. The molecule has 0 bridgehead atoms. The van der Waals surface area contributed by atoms with Gasteiger partial charge in [-0.2, -0.15) is 0 Å². The van der Waals surface area contributed by atoms with Crippen molar-refractivity contribution in [2.75, 3.05) is 0 Å². The molecule has 2 rings (SSSR count). The maximum Gasteiger partial charge on any atom is 0.113 e. The first kappa shape index (κ1) is 11.5. The molecule has 0 saturated carbocycles. The summed E-state index contributed by atoms with van der Waals surface area (Å²) < 4.78 is 1.16. The van der Waals surface area contributed by atoms with Crippen molar-refractivity contribution in [3.8, 4) is 0 Å². The molecule has 0 aliphatic rings. The van der Waals surface area contributed by atoms with Gasteiger partial charge in [0, 0.05) is 21.5 Å². The Morgan fingerprint density at radius 1 is 1.12 bits per heavy atom. The SMILES string of the molecule is C[C@](O)(c1ccc(I)cc1)c1cccnc1. The molecule has 1 aromatic carbocycles. The average molecular weight is 325 g/mol. The Bertz CT molecular complexity index is 465. The monoisotopic (exact) mass is 325 g/mol. The van der Waals surface area contributed by atoms with Crippen molar-refractivity contribution in [3.63, 3.8) is 0 Å². The van der Waals surface area contributed by atoms with Gasteiger partial charge in [-0.3, -0.25) is 4.98 Å². The van der Waals surface area contributed by atoms with Gasteiger partial charge in [0.25, 0.3) is 0 Å². The molecule has 1 N–H and O–H groups in total. The fourth-order valence-corrected chi connectivity index (χ4v) is 1.95. The van der Waals surface area contributed by atoms with Crippen LogP contribution in [0.15, 0.2) is 48.8 Å². The van der Waals surface area contributed by atoms with E-state index in [1.54, 1.807) is 19.3 Å². The standard InChI is InChI=1S/C13H12INO/c1-13(16,11-3-2-8-15-9-11)10-4-6-12(14)7-5-10/h2-9,16H,1H3/t13-/m0/s1. The largest absolute Gasteiger partial charge is 0.381 e. The fraction of sp³-hybridized carbons (Fsp3) is 0.154. The van der Waals surface area contributed by atoms with E-state index in [9.17, 15) is 5.11 Å². The molecule has 0 radical (unpaired) electrons. The van der Waals surface area contributed by atoms with E-state index in [0.29, 0.717) is 0 Å². The highest BCUT2D eigenvalue weighted by Crippen LogP contribution is 2.28. The number of aromatic nitrogens is 1. The van der Waals surface area contributed by atoms with Gasteiger partial charge in [-0.1, -0.05) is 18.2 Å². The number of benzene rings is 1. The molecule has 0 aliphatic carbocycles. The molecule has 0 saturated heterocycles. The first-order valence-electron chi connectivity index (χ1n) is 4.99. The minimum Gasteiger partial charge on any atom is -0.381 e. The highest BCUT2D eigenvalue weighted by atomic mass is 127. The van der Waals surface area contributed by atoms with Gasteiger partial charge >= 0.3 is 0 Å². The Hall–Kier alpha value is -0.940. The van der Waals surface area contributed by atoms with Crippen LogP contribution in [-0.2, 0) is 5.60 Å². The summed E-state index contributed by atoms with van der Waals surface area (Å²) in [6.45, 7) is 1.78. The molecule has 1 aromatic heterocycles. The summed E-state index contributed by atoms with van der Waals surface area (Å²) in [7, 11) is 0. The van der Waals surface area contributed by atoms with Crippen LogP contribution in [0.3, 0.4) is 0 Å². The molecule has 0 unspecified atom stereocenters.